The summed E-state index contributed by atoms with van der Waals surface area (Å²) in [4.78, 5) is 4.17. The molecule has 0 amide bonds. The maximum Gasteiger partial charge on any atom is 0.232 e. The van der Waals surface area contributed by atoms with Crippen LogP contribution in [0, 0.1) is 0 Å². The third-order valence-electron chi connectivity index (χ3n) is 2.99. The van der Waals surface area contributed by atoms with Gasteiger partial charge in [-0.2, -0.15) is 0 Å². The van der Waals surface area contributed by atoms with E-state index in [9.17, 15) is 8.42 Å². The Morgan fingerprint density at radius 1 is 1.17 bits per heavy atom. The van der Waals surface area contributed by atoms with Gasteiger partial charge >= 0.3 is 0 Å². The van der Waals surface area contributed by atoms with Gasteiger partial charge in [-0.15, -0.1) is 0 Å². The van der Waals surface area contributed by atoms with Crippen molar-refractivity contribution in [1.29, 1.82) is 0 Å². The van der Waals surface area contributed by atoms with Crippen molar-refractivity contribution in [3.8, 4) is 0 Å². The van der Waals surface area contributed by atoms with Crippen LogP contribution in [-0.4, -0.2) is 19.2 Å². The number of unbranched alkanes of at least 4 members (excludes halogenated alkanes) is 1. The Hall–Kier alpha value is -1.50. The average Bonchev–Trinajstić information content (AvgIpc) is 2.51. The van der Waals surface area contributed by atoms with Crippen LogP contribution >= 0.6 is 23.2 Å². The summed E-state index contributed by atoms with van der Waals surface area (Å²) in [6, 6.07) is 8.36. The van der Waals surface area contributed by atoms with Gasteiger partial charge < -0.3 is 5.32 Å². The number of halogens is 2. The topological polar surface area (TPSA) is 71.1 Å². The van der Waals surface area contributed by atoms with Crippen molar-refractivity contribution < 1.29 is 8.42 Å². The van der Waals surface area contributed by atoms with Gasteiger partial charge in [0.2, 0.25) is 10.0 Å². The summed E-state index contributed by atoms with van der Waals surface area (Å²) in [6.45, 7) is 1.94. The fourth-order valence-corrected chi connectivity index (χ4v) is 3.41. The molecule has 0 spiro atoms. The van der Waals surface area contributed by atoms with Crippen LogP contribution in [0.5, 0.6) is 0 Å². The second-order valence-electron chi connectivity index (χ2n) is 4.96. The zero-order valence-electron chi connectivity index (χ0n) is 12.5. The Bertz CT molecular complexity index is 765. The number of benzene rings is 1. The van der Waals surface area contributed by atoms with E-state index < -0.39 is 10.0 Å². The van der Waals surface area contributed by atoms with Crippen molar-refractivity contribution in [2.45, 2.75) is 19.8 Å². The van der Waals surface area contributed by atoms with Gasteiger partial charge in [0, 0.05) is 5.02 Å². The van der Waals surface area contributed by atoms with Gasteiger partial charge in [0.1, 0.15) is 5.82 Å². The van der Waals surface area contributed by atoms with Crippen LogP contribution in [0.25, 0.3) is 0 Å². The Morgan fingerprint density at radius 3 is 2.61 bits per heavy atom. The second-order valence-corrected chi connectivity index (χ2v) is 7.64. The number of nitrogens with one attached hydrogen (secondary N) is 2. The van der Waals surface area contributed by atoms with Gasteiger partial charge in [-0.3, -0.25) is 4.72 Å². The molecule has 1 heterocycles. The number of sulfonamides is 1. The minimum Gasteiger partial charge on any atom is -0.339 e. The largest absolute Gasteiger partial charge is 0.339 e. The van der Waals surface area contributed by atoms with Crippen LogP contribution in [0.15, 0.2) is 36.5 Å². The molecule has 0 bridgehead atoms. The molecule has 2 rings (SSSR count). The molecule has 23 heavy (non-hydrogen) atoms. The number of hydrogen-bond acceptors (Lipinski definition) is 4. The smallest absolute Gasteiger partial charge is 0.232 e. The predicted molar refractivity (Wildman–Crippen MR) is 96.3 cm³/mol. The van der Waals surface area contributed by atoms with Crippen molar-refractivity contribution in [1.82, 2.24) is 4.98 Å². The van der Waals surface area contributed by atoms with Gasteiger partial charge in [0.25, 0.3) is 0 Å². The number of pyridine rings is 1. The lowest BCUT2D eigenvalue weighted by molar-refractivity contribution is 0.598. The molecular weight excluding hydrogens is 357 g/mol. The highest BCUT2D eigenvalue weighted by molar-refractivity contribution is 7.92. The van der Waals surface area contributed by atoms with E-state index in [1.54, 1.807) is 30.3 Å². The van der Waals surface area contributed by atoms with Gasteiger partial charge in [-0.25, -0.2) is 13.4 Å². The lowest BCUT2D eigenvalue weighted by Gasteiger charge is -2.10. The van der Waals surface area contributed by atoms with E-state index >= 15 is 0 Å². The minimum atomic E-state index is -3.33. The third kappa shape index (κ3) is 5.57. The summed E-state index contributed by atoms with van der Waals surface area (Å²) >= 11 is 12.0. The first kappa shape index (κ1) is 17.8. The summed E-state index contributed by atoms with van der Waals surface area (Å²) in [5, 5.41) is 4.10. The zero-order chi connectivity index (χ0) is 16.9. The van der Waals surface area contributed by atoms with E-state index in [0.717, 1.165) is 6.42 Å². The normalized spacial score (nSPS) is 11.3. The average molecular weight is 374 g/mol. The fourth-order valence-electron chi connectivity index (χ4n) is 1.82. The van der Waals surface area contributed by atoms with E-state index in [1.165, 1.54) is 6.20 Å². The minimum absolute atomic E-state index is 0.0988. The molecule has 0 fully saturated rings. The van der Waals surface area contributed by atoms with E-state index in [0.29, 0.717) is 33.7 Å². The van der Waals surface area contributed by atoms with Crippen LogP contribution < -0.4 is 10.0 Å². The van der Waals surface area contributed by atoms with Gasteiger partial charge in [-0.1, -0.05) is 36.5 Å². The van der Waals surface area contributed by atoms with Crippen LogP contribution in [0.2, 0.25) is 10.0 Å². The number of anilines is 3. The summed E-state index contributed by atoms with van der Waals surface area (Å²) in [5.74, 6) is 0.632. The molecule has 2 aromatic rings. The molecule has 0 radical (unpaired) electrons. The SMILES string of the molecule is CCCCS(=O)(=O)Nc1ccc(Nc2cc(Cl)ccc2Cl)nc1. The molecule has 0 aliphatic carbocycles. The number of hydrogen-bond donors (Lipinski definition) is 2. The lowest BCUT2D eigenvalue weighted by Crippen LogP contribution is -2.16. The molecule has 5 nitrogen and oxygen atoms in total. The summed E-state index contributed by atoms with van der Waals surface area (Å²) < 4.78 is 26.2. The first-order valence-corrected chi connectivity index (χ1v) is 9.49. The van der Waals surface area contributed by atoms with Crippen molar-refractivity contribution in [2.75, 3.05) is 15.8 Å². The Morgan fingerprint density at radius 2 is 1.96 bits per heavy atom. The Labute approximate surface area is 146 Å². The maximum absolute atomic E-state index is 11.8. The summed E-state index contributed by atoms with van der Waals surface area (Å²) in [7, 11) is -3.33. The predicted octanol–water partition coefficient (Wildman–Crippen LogP) is 4.67. The number of aromatic nitrogens is 1. The summed E-state index contributed by atoms with van der Waals surface area (Å²) in [6.07, 6.45) is 2.89. The van der Waals surface area contributed by atoms with Crippen LogP contribution in [0.4, 0.5) is 17.2 Å². The quantitative estimate of drug-likeness (QED) is 0.739. The molecule has 0 unspecified atom stereocenters. The molecule has 1 aromatic heterocycles. The monoisotopic (exact) mass is 373 g/mol. The first-order valence-electron chi connectivity index (χ1n) is 7.08. The molecular formula is C15H17Cl2N3O2S. The number of nitrogens with zero attached hydrogens (tertiary/aromatic N) is 1. The number of rotatable bonds is 7. The fraction of sp³-hybridized carbons (Fsp3) is 0.267. The highest BCUT2D eigenvalue weighted by atomic mass is 35.5. The van der Waals surface area contributed by atoms with Gasteiger partial charge in [0.15, 0.2) is 0 Å². The van der Waals surface area contributed by atoms with Crippen LogP contribution in [0.3, 0.4) is 0 Å². The molecule has 124 valence electrons. The molecule has 0 aliphatic rings. The van der Waals surface area contributed by atoms with E-state index in [2.05, 4.69) is 15.0 Å². The molecule has 0 saturated heterocycles. The molecule has 0 aliphatic heterocycles. The molecule has 2 N–H and O–H groups in total. The first-order chi connectivity index (χ1) is 10.9. The highest BCUT2D eigenvalue weighted by Crippen LogP contribution is 2.28. The standard InChI is InChI=1S/C15H17Cl2N3O2S/c1-2-3-8-23(21,22)20-12-5-7-15(18-10-12)19-14-9-11(16)4-6-13(14)17/h4-7,9-10,20H,2-3,8H2,1H3,(H,18,19). The van der Waals surface area contributed by atoms with E-state index in [1.807, 2.05) is 6.92 Å². The van der Waals surface area contributed by atoms with E-state index in [-0.39, 0.29) is 5.75 Å². The maximum atomic E-state index is 11.8. The van der Waals surface area contributed by atoms with Crippen molar-refractivity contribution in [3.63, 3.8) is 0 Å². The van der Waals surface area contributed by atoms with Crippen molar-refractivity contribution >= 4 is 50.4 Å². The Balaban J connectivity index is 2.06. The van der Waals surface area contributed by atoms with Crippen molar-refractivity contribution in [3.05, 3.63) is 46.6 Å². The van der Waals surface area contributed by atoms with Crippen LogP contribution in [0.1, 0.15) is 19.8 Å². The summed E-state index contributed by atoms with van der Waals surface area (Å²) in [5.41, 5.74) is 1.05. The van der Waals surface area contributed by atoms with Crippen molar-refractivity contribution in [2.24, 2.45) is 0 Å². The molecule has 1 aromatic carbocycles. The lowest BCUT2D eigenvalue weighted by atomic mass is 10.3. The van der Waals surface area contributed by atoms with E-state index in [4.69, 9.17) is 23.2 Å². The second kappa shape index (κ2) is 7.86. The molecule has 0 saturated carbocycles. The molecule has 0 atom stereocenters. The van der Waals surface area contributed by atoms with Crippen LogP contribution in [-0.2, 0) is 10.0 Å². The highest BCUT2D eigenvalue weighted by Gasteiger charge is 2.10. The third-order valence-corrected chi connectivity index (χ3v) is 4.93. The van der Waals surface area contributed by atoms with Gasteiger partial charge in [-0.05, 0) is 36.8 Å². The Kier molecular flexibility index (Phi) is 6.10. The zero-order valence-corrected chi connectivity index (χ0v) is 14.8. The molecule has 8 heteroatoms. The van der Waals surface area contributed by atoms with Gasteiger partial charge in [0.05, 0.1) is 28.3 Å².